The number of carbonyl (C=O) groups excluding carboxylic acids is 1. The molecular formula is C15H17ClN2O4. The van der Waals surface area contributed by atoms with E-state index in [4.69, 9.17) is 20.8 Å². The van der Waals surface area contributed by atoms with Gasteiger partial charge in [0.25, 0.3) is 0 Å². The maximum absolute atomic E-state index is 12.5. The quantitative estimate of drug-likeness (QED) is 0.846. The van der Waals surface area contributed by atoms with Gasteiger partial charge in [0.1, 0.15) is 6.54 Å². The molecule has 6 nitrogen and oxygen atoms in total. The first-order chi connectivity index (χ1) is 10.4. The highest BCUT2D eigenvalue weighted by molar-refractivity contribution is 6.31. The SMILES string of the molecule is C[C@H]1CN(C(=O)Cn2c(=O)oc3cc(Cl)ccc32)C[C@H](C)O1. The normalized spacial score (nSPS) is 22.2. The van der Waals surface area contributed by atoms with Gasteiger partial charge in [0.05, 0.1) is 17.7 Å². The Morgan fingerprint density at radius 1 is 1.32 bits per heavy atom. The van der Waals surface area contributed by atoms with Crippen LogP contribution < -0.4 is 5.76 Å². The molecule has 0 unspecified atom stereocenters. The average Bonchev–Trinajstić information content (AvgIpc) is 2.73. The molecule has 1 aromatic carbocycles. The Labute approximate surface area is 132 Å². The number of carbonyl (C=O) groups is 1. The molecule has 0 saturated carbocycles. The maximum Gasteiger partial charge on any atom is 0.420 e. The van der Waals surface area contributed by atoms with Gasteiger partial charge in [0.2, 0.25) is 5.91 Å². The second-order valence-corrected chi connectivity index (χ2v) is 6.06. The van der Waals surface area contributed by atoms with Gasteiger partial charge in [-0.05, 0) is 26.0 Å². The second-order valence-electron chi connectivity index (χ2n) is 5.62. The lowest BCUT2D eigenvalue weighted by molar-refractivity contribution is -0.143. The van der Waals surface area contributed by atoms with Crippen LogP contribution in [0.3, 0.4) is 0 Å². The Balaban J connectivity index is 1.85. The van der Waals surface area contributed by atoms with Crippen LogP contribution in [0.2, 0.25) is 5.02 Å². The lowest BCUT2D eigenvalue weighted by atomic mass is 10.2. The summed E-state index contributed by atoms with van der Waals surface area (Å²) in [6, 6.07) is 4.91. The number of fused-ring (bicyclic) bond motifs is 1. The minimum Gasteiger partial charge on any atom is -0.408 e. The second kappa shape index (κ2) is 5.78. The van der Waals surface area contributed by atoms with Gasteiger partial charge < -0.3 is 14.1 Å². The first kappa shape index (κ1) is 15.1. The highest BCUT2D eigenvalue weighted by Crippen LogP contribution is 2.19. The summed E-state index contributed by atoms with van der Waals surface area (Å²) in [6.45, 7) is 4.86. The van der Waals surface area contributed by atoms with E-state index >= 15 is 0 Å². The van der Waals surface area contributed by atoms with Gasteiger partial charge in [0.15, 0.2) is 5.58 Å². The molecule has 1 amide bonds. The van der Waals surface area contributed by atoms with Crippen molar-refractivity contribution < 1.29 is 13.9 Å². The molecule has 0 spiro atoms. The van der Waals surface area contributed by atoms with Gasteiger partial charge in [-0.3, -0.25) is 9.36 Å². The van der Waals surface area contributed by atoms with Crippen molar-refractivity contribution in [2.75, 3.05) is 13.1 Å². The van der Waals surface area contributed by atoms with Crippen molar-refractivity contribution >= 4 is 28.6 Å². The van der Waals surface area contributed by atoms with Crippen LogP contribution in [0.1, 0.15) is 13.8 Å². The van der Waals surface area contributed by atoms with Crippen molar-refractivity contribution in [3.8, 4) is 0 Å². The lowest BCUT2D eigenvalue weighted by Crippen LogP contribution is -2.49. The molecule has 0 aliphatic carbocycles. The monoisotopic (exact) mass is 324 g/mol. The van der Waals surface area contributed by atoms with E-state index in [9.17, 15) is 9.59 Å². The maximum atomic E-state index is 12.5. The van der Waals surface area contributed by atoms with Gasteiger partial charge >= 0.3 is 5.76 Å². The van der Waals surface area contributed by atoms with E-state index in [1.807, 2.05) is 13.8 Å². The van der Waals surface area contributed by atoms with E-state index in [1.54, 1.807) is 23.1 Å². The Bertz CT molecular complexity index is 756. The van der Waals surface area contributed by atoms with E-state index in [1.165, 1.54) is 4.57 Å². The van der Waals surface area contributed by atoms with Gasteiger partial charge in [-0.15, -0.1) is 0 Å². The van der Waals surface area contributed by atoms with E-state index in [2.05, 4.69) is 0 Å². The number of oxazole rings is 1. The zero-order valence-corrected chi connectivity index (χ0v) is 13.2. The van der Waals surface area contributed by atoms with E-state index in [0.29, 0.717) is 29.2 Å². The molecule has 1 aliphatic heterocycles. The number of hydrogen-bond acceptors (Lipinski definition) is 4. The highest BCUT2D eigenvalue weighted by atomic mass is 35.5. The van der Waals surface area contributed by atoms with Gasteiger partial charge in [-0.2, -0.15) is 0 Å². The predicted molar refractivity (Wildman–Crippen MR) is 82.1 cm³/mol. The number of benzene rings is 1. The Morgan fingerprint density at radius 2 is 2.00 bits per heavy atom. The number of hydrogen-bond donors (Lipinski definition) is 0. The van der Waals surface area contributed by atoms with Crippen LogP contribution in [0.25, 0.3) is 11.1 Å². The molecule has 1 fully saturated rings. The topological polar surface area (TPSA) is 64.7 Å². The molecule has 118 valence electrons. The number of ether oxygens (including phenoxy) is 1. The number of rotatable bonds is 2. The summed E-state index contributed by atoms with van der Waals surface area (Å²) in [6.07, 6.45) is -0.0198. The van der Waals surface area contributed by atoms with Gasteiger partial charge in [-0.25, -0.2) is 4.79 Å². The first-order valence-corrected chi connectivity index (χ1v) is 7.54. The fourth-order valence-electron chi connectivity index (χ4n) is 2.81. The molecule has 1 aromatic heterocycles. The Hall–Kier alpha value is -1.79. The molecule has 0 bridgehead atoms. The number of morpholine rings is 1. The lowest BCUT2D eigenvalue weighted by Gasteiger charge is -2.35. The van der Waals surface area contributed by atoms with Crippen LogP contribution in [-0.4, -0.2) is 40.7 Å². The molecule has 1 saturated heterocycles. The fraction of sp³-hybridized carbons (Fsp3) is 0.467. The van der Waals surface area contributed by atoms with Gasteiger partial charge in [-0.1, -0.05) is 11.6 Å². The summed E-state index contributed by atoms with van der Waals surface area (Å²) < 4.78 is 12.1. The molecule has 1 aliphatic rings. The predicted octanol–water partition coefficient (Wildman–Crippen LogP) is 1.88. The van der Waals surface area contributed by atoms with E-state index in [-0.39, 0.29) is 24.7 Å². The third-order valence-corrected chi connectivity index (χ3v) is 3.93. The van der Waals surface area contributed by atoms with Crippen LogP contribution >= 0.6 is 11.6 Å². The van der Waals surface area contributed by atoms with Crippen molar-refractivity contribution in [1.29, 1.82) is 0 Å². The summed E-state index contributed by atoms with van der Waals surface area (Å²) in [5.74, 6) is -0.679. The molecular weight excluding hydrogens is 308 g/mol. The molecule has 0 N–H and O–H groups in total. The largest absolute Gasteiger partial charge is 0.420 e. The summed E-state index contributed by atoms with van der Waals surface area (Å²) in [7, 11) is 0. The molecule has 3 rings (SSSR count). The minimum absolute atomic E-state index is 0.00989. The Morgan fingerprint density at radius 3 is 2.68 bits per heavy atom. The minimum atomic E-state index is -0.556. The summed E-state index contributed by atoms with van der Waals surface area (Å²) in [5.41, 5.74) is 0.950. The van der Waals surface area contributed by atoms with E-state index in [0.717, 1.165) is 0 Å². The van der Waals surface area contributed by atoms with E-state index < -0.39 is 5.76 Å². The smallest absolute Gasteiger partial charge is 0.408 e. The zero-order chi connectivity index (χ0) is 15.9. The molecule has 2 atom stereocenters. The molecule has 22 heavy (non-hydrogen) atoms. The molecule has 0 radical (unpaired) electrons. The number of halogens is 1. The molecule has 7 heteroatoms. The van der Waals surface area contributed by atoms with Crippen molar-refractivity contribution in [3.05, 3.63) is 33.8 Å². The summed E-state index contributed by atoms with van der Waals surface area (Å²) >= 11 is 5.88. The van der Waals surface area contributed by atoms with Crippen LogP contribution in [0.15, 0.2) is 27.4 Å². The van der Waals surface area contributed by atoms with Crippen LogP contribution in [0, 0.1) is 0 Å². The number of amides is 1. The van der Waals surface area contributed by atoms with Crippen LogP contribution in [0.4, 0.5) is 0 Å². The molecule has 2 aromatic rings. The summed E-state index contributed by atoms with van der Waals surface area (Å²) in [5, 5.41) is 0.482. The number of nitrogens with zero attached hydrogens (tertiary/aromatic N) is 2. The van der Waals surface area contributed by atoms with Crippen molar-refractivity contribution in [2.45, 2.75) is 32.6 Å². The van der Waals surface area contributed by atoms with Gasteiger partial charge in [0, 0.05) is 24.2 Å². The standard InChI is InChI=1S/C15H17ClN2O4/c1-9-6-17(7-10(2)21-9)14(19)8-18-12-4-3-11(16)5-13(12)22-15(18)20/h3-5,9-10H,6-8H2,1-2H3/t9-,10-/m0/s1. The molecule has 2 heterocycles. The zero-order valence-electron chi connectivity index (χ0n) is 12.4. The van der Waals surface area contributed by atoms with Crippen molar-refractivity contribution in [3.63, 3.8) is 0 Å². The average molecular weight is 325 g/mol. The third kappa shape index (κ3) is 2.89. The number of aromatic nitrogens is 1. The Kier molecular flexibility index (Phi) is 3.97. The van der Waals surface area contributed by atoms with Crippen LogP contribution in [0.5, 0.6) is 0 Å². The summed E-state index contributed by atoms with van der Waals surface area (Å²) in [4.78, 5) is 26.1. The van der Waals surface area contributed by atoms with Crippen molar-refractivity contribution in [1.82, 2.24) is 9.47 Å². The third-order valence-electron chi connectivity index (χ3n) is 3.70. The van der Waals surface area contributed by atoms with Crippen molar-refractivity contribution in [2.24, 2.45) is 0 Å². The van der Waals surface area contributed by atoms with Crippen LogP contribution in [-0.2, 0) is 16.1 Å². The first-order valence-electron chi connectivity index (χ1n) is 7.16. The fourth-order valence-corrected chi connectivity index (χ4v) is 2.97. The highest BCUT2D eigenvalue weighted by Gasteiger charge is 2.26.